The van der Waals surface area contributed by atoms with Crippen LogP contribution >= 0.6 is 0 Å². The standard InChI is InChI=1S/C20H21N3O3/c24-17-8-11-23(12-9-17)20(26)18(13-15-5-2-1-3-6-15)22-19(25)16-7-4-10-21-14-16/h1-7,10,14,18H,8-9,11-13H2,(H,22,25). The van der Waals surface area contributed by atoms with Gasteiger partial charge in [0.2, 0.25) is 5.91 Å². The van der Waals surface area contributed by atoms with Gasteiger partial charge >= 0.3 is 0 Å². The van der Waals surface area contributed by atoms with Crippen molar-refractivity contribution in [3.8, 4) is 0 Å². The van der Waals surface area contributed by atoms with E-state index in [1.165, 1.54) is 6.20 Å². The first kappa shape index (κ1) is 17.8. The van der Waals surface area contributed by atoms with E-state index in [-0.39, 0.29) is 17.6 Å². The summed E-state index contributed by atoms with van der Waals surface area (Å²) in [4.78, 5) is 42.5. The van der Waals surface area contributed by atoms with Crippen LogP contribution in [-0.2, 0) is 16.0 Å². The number of hydrogen-bond acceptors (Lipinski definition) is 4. The molecule has 0 saturated carbocycles. The van der Waals surface area contributed by atoms with E-state index in [4.69, 9.17) is 0 Å². The second-order valence-electron chi connectivity index (χ2n) is 6.32. The van der Waals surface area contributed by atoms with Gasteiger partial charge in [-0.05, 0) is 17.7 Å². The molecule has 0 bridgehead atoms. The summed E-state index contributed by atoms with van der Waals surface area (Å²) in [7, 11) is 0. The molecular weight excluding hydrogens is 330 g/mol. The number of aromatic nitrogens is 1. The Bertz CT molecular complexity index is 767. The van der Waals surface area contributed by atoms with Crippen molar-refractivity contribution in [2.45, 2.75) is 25.3 Å². The molecular formula is C20H21N3O3. The number of Topliss-reactive ketones (excluding diaryl/α,β-unsaturated/α-hetero) is 1. The minimum atomic E-state index is -0.682. The molecule has 1 aliphatic heterocycles. The van der Waals surface area contributed by atoms with Crippen molar-refractivity contribution in [2.24, 2.45) is 0 Å². The predicted octanol–water partition coefficient (Wildman–Crippen LogP) is 1.61. The zero-order valence-corrected chi connectivity index (χ0v) is 14.4. The van der Waals surface area contributed by atoms with E-state index in [9.17, 15) is 14.4 Å². The van der Waals surface area contributed by atoms with E-state index in [1.807, 2.05) is 30.3 Å². The molecule has 0 spiro atoms. The van der Waals surface area contributed by atoms with Crippen LogP contribution in [0.15, 0.2) is 54.9 Å². The second-order valence-corrected chi connectivity index (χ2v) is 6.32. The molecule has 2 amide bonds. The third-order valence-electron chi connectivity index (χ3n) is 4.44. The van der Waals surface area contributed by atoms with Crippen LogP contribution in [0.5, 0.6) is 0 Å². The minimum absolute atomic E-state index is 0.154. The SMILES string of the molecule is O=C1CCN(C(=O)C(Cc2ccccc2)NC(=O)c2cccnc2)CC1. The smallest absolute Gasteiger partial charge is 0.253 e. The molecule has 26 heavy (non-hydrogen) atoms. The van der Waals surface area contributed by atoms with E-state index in [0.717, 1.165) is 5.56 Å². The Morgan fingerprint density at radius 1 is 1.08 bits per heavy atom. The average molecular weight is 351 g/mol. The molecule has 1 aromatic carbocycles. The molecule has 0 aliphatic carbocycles. The Morgan fingerprint density at radius 3 is 2.46 bits per heavy atom. The number of carbonyl (C=O) groups excluding carboxylic acids is 3. The molecule has 1 unspecified atom stereocenters. The van der Waals surface area contributed by atoms with E-state index in [0.29, 0.717) is 37.9 Å². The van der Waals surface area contributed by atoms with Gasteiger partial charge in [-0.3, -0.25) is 19.4 Å². The van der Waals surface area contributed by atoms with Gasteiger partial charge in [0.25, 0.3) is 5.91 Å². The van der Waals surface area contributed by atoms with Crippen molar-refractivity contribution in [1.29, 1.82) is 0 Å². The molecule has 1 fully saturated rings. The Kier molecular flexibility index (Phi) is 5.73. The summed E-state index contributed by atoms with van der Waals surface area (Å²) in [5, 5.41) is 2.84. The van der Waals surface area contributed by atoms with Crippen LogP contribution in [-0.4, -0.2) is 46.6 Å². The van der Waals surface area contributed by atoms with E-state index in [2.05, 4.69) is 10.3 Å². The number of piperidine rings is 1. The fraction of sp³-hybridized carbons (Fsp3) is 0.300. The van der Waals surface area contributed by atoms with Crippen LogP contribution in [0.4, 0.5) is 0 Å². The lowest BCUT2D eigenvalue weighted by Crippen LogP contribution is -2.51. The molecule has 134 valence electrons. The van der Waals surface area contributed by atoms with Crippen molar-refractivity contribution in [2.75, 3.05) is 13.1 Å². The summed E-state index contributed by atoms with van der Waals surface area (Å²) in [5.41, 5.74) is 1.37. The van der Waals surface area contributed by atoms with Crippen LogP contribution in [0.25, 0.3) is 0 Å². The summed E-state index contributed by atoms with van der Waals surface area (Å²) < 4.78 is 0. The Labute approximate surface area is 152 Å². The topological polar surface area (TPSA) is 79.4 Å². The van der Waals surface area contributed by atoms with Gasteiger partial charge < -0.3 is 10.2 Å². The van der Waals surface area contributed by atoms with Crippen LogP contribution in [0.2, 0.25) is 0 Å². The summed E-state index contributed by atoms with van der Waals surface area (Å²) in [5.74, 6) is -0.313. The van der Waals surface area contributed by atoms with E-state index in [1.54, 1.807) is 23.2 Å². The molecule has 2 heterocycles. The first-order valence-electron chi connectivity index (χ1n) is 8.69. The fourth-order valence-electron chi connectivity index (χ4n) is 2.99. The minimum Gasteiger partial charge on any atom is -0.340 e. The first-order valence-corrected chi connectivity index (χ1v) is 8.69. The number of nitrogens with zero attached hydrogens (tertiary/aromatic N) is 2. The number of hydrogen-bond donors (Lipinski definition) is 1. The number of likely N-dealkylation sites (tertiary alicyclic amines) is 1. The number of amides is 2. The Balaban J connectivity index is 1.76. The monoisotopic (exact) mass is 351 g/mol. The molecule has 1 aromatic heterocycles. The van der Waals surface area contributed by atoms with Crippen LogP contribution in [0.3, 0.4) is 0 Å². The average Bonchev–Trinajstić information content (AvgIpc) is 2.69. The van der Waals surface area contributed by atoms with Gasteiger partial charge in [-0.15, -0.1) is 0 Å². The zero-order chi connectivity index (χ0) is 18.4. The molecule has 1 N–H and O–H groups in total. The van der Waals surface area contributed by atoms with Gasteiger partial charge in [-0.2, -0.15) is 0 Å². The van der Waals surface area contributed by atoms with Gasteiger partial charge in [-0.25, -0.2) is 0 Å². The van der Waals surface area contributed by atoms with Crippen molar-refractivity contribution < 1.29 is 14.4 Å². The lowest BCUT2D eigenvalue weighted by atomic mass is 10.0. The van der Waals surface area contributed by atoms with Crippen molar-refractivity contribution >= 4 is 17.6 Å². The molecule has 1 aliphatic rings. The maximum atomic E-state index is 13.0. The molecule has 6 heteroatoms. The molecule has 1 atom stereocenters. The summed E-state index contributed by atoms with van der Waals surface area (Å²) in [6.45, 7) is 0.817. The number of rotatable bonds is 5. The van der Waals surface area contributed by atoms with Gasteiger partial charge in [0.15, 0.2) is 0 Å². The molecule has 6 nitrogen and oxygen atoms in total. The molecule has 0 radical (unpaired) electrons. The Morgan fingerprint density at radius 2 is 1.81 bits per heavy atom. The van der Waals surface area contributed by atoms with E-state index < -0.39 is 6.04 Å². The van der Waals surface area contributed by atoms with Crippen molar-refractivity contribution in [1.82, 2.24) is 15.2 Å². The summed E-state index contributed by atoms with van der Waals surface area (Å²) >= 11 is 0. The van der Waals surface area contributed by atoms with Crippen molar-refractivity contribution in [3.63, 3.8) is 0 Å². The first-order chi connectivity index (χ1) is 12.6. The predicted molar refractivity (Wildman–Crippen MR) is 96.5 cm³/mol. The van der Waals surface area contributed by atoms with Crippen molar-refractivity contribution in [3.05, 3.63) is 66.0 Å². The quantitative estimate of drug-likeness (QED) is 0.888. The summed E-state index contributed by atoms with van der Waals surface area (Å²) in [6, 6.07) is 12.2. The zero-order valence-electron chi connectivity index (χ0n) is 14.4. The highest BCUT2D eigenvalue weighted by atomic mass is 16.2. The highest BCUT2D eigenvalue weighted by Crippen LogP contribution is 2.12. The Hall–Kier alpha value is -3.02. The number of pyridine rings is 1. The highest BCUT2D eigenvalue weighted by Gasteiger charge is 2.29. The lowest BCUT2D eigenvalue weighted by molar-refractivity contribution is -0.136. The second kappa shape index (κ2) is 8.38. The molecule has 3 rings (SSSR count). The third-order valence-corrected chi connectivity index (χ3v) is 4.44. The van der Waals surface area contributed by atoms with Gasteiger partial charge in [0.05, 0.1) is 5.56 Å². The lowest BCUT2D eigenvalue weighted by Gasteiger charge is -2.30. The van der Waals surface area contributed by atoms with Crippen LogP contribution in [0, 0.1) is 0 Å². The van der Waals surface area contributed by atoms with Gasteiger partial charge in [0.1, 0.15) is 11.8 Å². The fourth-order valence-corrected chi connectivity index (χ4v) is 2.99. The maximum absolute atomic E-state index is 13.0. The van der Waals surface area contributed by atoms with Gasteiger partial charge in [0, 0.05) is 44.7 Å². The van der Waals surface area contributed by atoms with Crippen LogP contribution < -0.4 is 5.32 Å². The van der Waals surface area contributed by atoms with Crippen LogP contribution in [0.1, 0.15) is 28.8 Å². The number of nitrogens with one attached hydrogen (secondary N) is 1. The number of benzene rings is 1. The highest BCUT2D eigenvalue weighted by molar-refractivity contribution is 5.97. The third kappa shape index (κ3) is 4.53. The molecule has 1 saturated heterocycles. The summed E-state index contributed by atoms with van der Waals surface area (Å²) in [6.07, 6.45) is 4.21. The van der Waals surface area contributed by atoms with Gasteiger partial charge in [-0.1, -0.05) is 30.3 Å². The molecule has 2 aromatic rings. The van der Waals surface area contributed by atoms with E-state index >= 15 is 0 Å². The largest absolute Gasteiger partial charge is 0.340 e. The maximum Gasteiger partial charge on any atom is 0.253 e. The normalized spacial score (nSPS) is 15.4. The number of ketones is 1. The number of carbonyl (C=O) groups is 3.